The van der Waals surface area contributed by atoms with Gasteiger partial charge in [0.25, 0.3) is 0 Å². The molecule has 3 heteroatoms. The summed E-state index contributed by atoms with van der Waals surface area (Å²) < 4.78 is 1.92. The van der Waals surface area contributed by atoms with Crippen LogP contribution >= 0.6 is 0 Å². The lowest BCUT2D eigenvalue weighted by atomic mass is 9.82. The molecule has 1 aromatic heterocycles. The van der Waals surface area contributed by atoms with E-state index < -0.39 is 0 Å². The highest BCUT2D eigenvalue weighted by Crippen LogP contribution is 2.24. The van der Waals surface area contributed by atoms with Gasteiger partial charge in [-0.05, 0) is 36.1 Å². The Hall–Kier alpha value is -1.61. The number of hydrogen-bond acceptors (Lipinski definition) is 2. The molecule has 2 rings (SSSR count). The molecule has 1 unspecified atom stereocenters. The van der Waals surface area contributed by atoms with Gasteiger partial charge in [0.1, 0.15) is 0 Å². The second-order valence-corrected chi connectivity index (χ2v) is 6.49. The van der Waals surface area contributed by atoms with Crippen molar-refractivity contribution in [2.24, 2.45) is 11.3 Å². The predicted molar refractivity (Wildman–Crippen MR) is 83.9 cm³/mol. The number of nitrogens with one attached hydrogen (secondary N) is 1. The average molecular weight is 271 g/mol. The molecule has 0 aliphatic carbocycles. The fourth-order valence-corrected chi connectivity index (χ4v) is 1.90. The highest BCUT2D eigenvalue weighted by Gasteiger charge is 2.19. The summed E-state index contributed by atoms with van der Waals surface area (Å²) in [6.45, 7) is 11.0. The van der Waals surface area contributed by atoms with Gasteiger partial charge < -0.3 is 5.32 Å². The fraction of sp³-hybridized carbons (Fsp3) is 0.471. The van der Waals surface area contributed by atoms with E-state index in [2.05, 4.69) is 56.3 Å². The molecule has 0 radical (unpaired) electrons. The van der Waals surface area contributed by atoms with Crippen molar-refractivity contribution in [1.29, 1.82) is 0 Å². The summed E-state index contributed by atoms with van der Waals surface area (Å²) in [5.74, 6) is 0.638. The molecule has 0 aliphatic heterocycles. The minimum absolute atomic E-state index is 0.344. The van der Waals surface area contributed by atoms with Crippen LogP contribution in [0.2, 0.25) is 0 Å². The van der Waals surface area contributed by atoms with Crippen LogP contribution in [0.15, 0.2) is 42.6 Å². The van der Waals surface area contributed by atoms with Crippen LogP contribution in [0.25, 0.3) is 5.69 Å². The van der Waals surface area contributed by atoms with Crippen LogP contribution in [0.4, 0.5) is 0 Å². The monoisotopic (exact) mass is 271 g/mol. The Bertz CT molecular complexity index is 523. The average Bonchev–Trinajstić information content (AvgIpc) is 2.87. The normalized spacial score (nSPS) is 13.4. The summed E-state index contributed by atoms with van der Waals surface area (Å²) in [4.78, 5) is 0. The molecule has 1 N–H and O–H groups in total. The minimum Gasteiger partial charge on any atom is -0.311 e. The molecule has 0 bridgehead atoms. The number of hydrogen-bond donors (Lipinski definition) is 1. The maximum Gasteiger partial charge on any atom is 0.0766 e. The van der Waals surface area contributed by atoms with Crippen molar-refractivity contribution in [3.63, 3.8) is 0 Å². The van der Waals surface area contributed by atoms with Crippen molar-refractivity contribution in [3.8, 4) is 5.69 Å². The van der Waals surface area contributed by atoms with Crippen LogP contribution in [-0.4, -0.2) is 16.3 Å². The van der Waals surface area contributed by atoms with Crippen molar-refractivity contribution in [1.82, 2.24) is 15.1 Å². The fourth-order valence-electron chi connectivity index (χ4n) is 1.90. The Labute approximate surface area is 122 Å². The lowest BCUT2D eigenvalue weighted by Gasteiger charge is -2.27. The van der Waals surface area contributed by atoms with Gasteiger partial charge in [-0.2, -0.15) is 5.10 Å². The summed E-state index contributed by atoms with van der Waals surface area (Å²) in [5, 5.41) is 8.09. The summed E-state index contributed by atoms with van der Waals surface area (Å²) in [5.41, 5.74) is 2.52. The van der Waals surface area contributed by atoms with Gasteiger partial charge in [-0.25, -0.2) is 4.68 Å². The maximum atomic E-state index is 4.59. The zero-order valence-corrected chi connectivity index (χ0v) is 12.9. The third kappa shape index (κ3) is 3.94. The summed E-state index contributed by atoms with van der Waals surface area (Å²) in [6.07, 6.45) is 2.01. The minimum atomic E-state index is 0.344. The highest BCUT2D eigenvalue weighted by molar-refractivity contribution is 5.30. The van der Waals surface area contributed by atoms with Crippen molar-refractivity contribution in [2.45, 2.75) is 34.2 Å². The second kappa shape index (κ2) is 6.23. The van der Waals surface area contributed by atoms with Gasteiger partial charge in [0.2, 0.25) is 0 Å². The number of nitrogens with zero attached hydrogens (tertiary/aromatic N) is 2. The first kappa shape index (κ1) is 14.8. The first-order chi connectivity index (χ1) is 9.47. The molecule has 0 fully saturated rings. The lowest BCUT2D eigenvalue weighted by Crippen LogP contribution is -2.29. The lowest BCUT2D eigenvalue weighted by molar-refractivity contribution is 0.252. The van der Waals surface area contributed by atoms with Gasteiger partial charge in [0.05, 0.1) is 11.4 Å². The SMILES string of the molecule is CC(CNCc1ccn(-c2ccccc2)n1)C(C)(C)C. The molecule has 0 spiro atoms. The topological polar surface area (TPSA) is 29.9 Å². The number of benzene rings is 1. The third-order valence-corrected chi connectivity index (χ3v) is 3.90. The Morgan fingerprint density at radius 1 is 1.15 bits per heavy atom. The molecule has 1 atom stereocenters. The van der Waals surface area contributed by atoms with E-state index in [9.17, 15) is 0 Å². The molecule has 20 heavy (non-hydrogen) atoms. The number of para-hydroxylation sites is 1. The Morgan fingerprint density at radius 3 is 2.50 bits per heavy atom. The summed E-state index contributed by atoms with van der Waals surface area (Å²) in [6, 6.07) is 12.3. The molecule has 3 nitrogen and oxygen atoms in total. The molecule has 0 aliphatic rings. The zero-order chi connectivity index (χ0) is 14.6. The van der Waals surface area contributed by atoms with Gasteiger partial charge in [0, 0.05) is 12.7 Å². The molecular formula is C17H25N3. The van der Waals surface area contributed by atoms with Crippen LogP contribution in [0.5, 0.6) is 0 Å². The van der Waals surface area contributed by atoms with E-state index in [0.717, 1.165) is 24.5 Å². The molecule has 0 amide bonds. The molecule has 1 heterocycles. The Balaban J connectivity index is 1.88. The van der Waals surface area contributed by atoms with E-state index in [-0.39, 0.29) is 0 Å². The largest absolute Gasteiger partial charge is 0.311 e. The van der Waals surface area contributed by atoms with Gasteiger partial charge in [-0.1, -0.05) is 45.9 Å². The predicted octanol–water partition coefficient (Wildman–Crippen LogP) is 3.64. The summed E-state index contributed by atoms with van der Waals surface area (Å²) >= 11 is 0. The maximum absolute atomic E-state index is 4.59. The van der Waals surface area contributed by atoms with Gasteiger partial charge in [-0.15, -0.1) is 0 Å². The smallest absolute Gasteiger partial charge is 0.0766 e. The van der Waals surface area contributed by atoms with Crippen molar-refractivity contribution < 1.29 is 0 Å². The van der Waals surface area contributed by atoms with Crippen LogP contribution in [0.1, 0.15) is 33.4 Å². The van der Waals surface area contributed by atoms with Gasteiger partial charge >= 0.3 is 0 Å². The molecule has 0 saturated carbocycles. The third-order valence-electron chi connectivity index (χ3n) is 3.90. The molecule has 108 valence electrons. The van der Waals surface area contributed by atoms with Crippen LogP contribution < -0.4 is 5.32 Å². The number of rotatable bonds is 5. The van der Waals surface area contributed by atoms with Gasteiger partial charge in [0.15, 0.2) is 0 Å². The van der Waals surface area contributed by atoms with E-state index >= 15 is 0 Å². The zero-order valence-electron chi connectivity index (χ0n) is 12.9. The van der Waals surface area contributed by atoms with E-state index in [1.165, 1.54) is 0 Å². The van der Waals surface area contributed by atoms with E-state index in [1.54, 1.807) is 0 Å². The molecular weight excluding hydrogens is 246 g/mol. The van der Waals surface area contributed by atoms with E-state index in [4.69, 9.17) is 0 Å². The molecule has 1 aromatic carbocycles. The Kier molecular flexibility index (Phi) is 4.61. The highest BCUT2D eigenvalue weighted by atomic mass is 15.3. The van der Waals surface area contributed by atoms with Crippen molar-refractivity contribution in [3.05, 3.63) is 48.3 Å². The van der Waals surface area contributed by atoms with E-state index in [1.807, 2.05) is 29.1 Å². The molecule has 2 aromatic rings. The van der Waals surface area contributed by atoms with Crippen molar-refractivity contribution >= 4 is 0 Å². The Morgan fingerprint density at radius 2 is 1.85 bits per heavy atom. The first-order valence-corrected chi connectivity index (χ1v) is 7.27. The van der Waals surface area contributed by atoms with Crippen molar-refractivity contribution in [2.75, 3.05) is 6.54 Å². The van der Waals surface area contributed by atoms with Crippen LogP contribution in [0.3, 0.4) is 0 Å². The summed E-state index contributed by atoms with van der Waals surface area (Å²) in [7, 11) is 0. The van der Waals surface area contributed by atoms with Crippen LogP contribution in [0, 0.1) is 11.3 Å². The second-order valence-electron chi connectivity index (χ2n) is 6.49. The van der Waals surface area contributed by atoms with Gasteiger partial charge in [-0.3, -0.25) is 0 Å². The first-order valence-electron chi connectivity index (χ1n) is 7.27. The molecule has 0 saturated heterocycles. The number of aromatic nitrogens is 2. The van der Waals surface area contributed by atoms with E-state index in [0.29, 0.717) is 11.3 Å². The quantitative estimate of drug-likeness (QED) is 0.899. The standard InChI is InChI=1S/C17H25N3/c1-14(17(2,3)4)12-18-13-15-10-11-20(19-15)16-8-6-5-7-9-16/h5-11,14,18H,12-13H2,1-4H3. The van der Waals surface area contributed by atoms with Crippen LogP contribution in [-0.2, 0) is 6.54 Å².